The van der Waals surface area contributed by atoms with Crippen molar-refractivity contribution in [3.63, 3.8) is 0 Å². The molecule has 0 unspecified atom stereocenters. The molecule has 0 atom stereocenters. The number of nitrogens with zero attached hydrogens (tertiary/aromatic N) is 2. The van der Waals surface area contributed by atoms with Crippen molar-refractivity contribution >= 4 is 57.7 Å². The van der Waals surface area contributed by atoms with Crippen molar-refractivity contribution in [3.05, 3.63) is 93.6 Å². The van der Waals surface area contributed by atoms with Gasteiger partial charge in [-0.1, -0.05) is 41.4 Å². The molecule has 1 aliphatic rings. The number of halogens is 2. The van der Waals surface area contributed by atoms with E-state index >= 15 is 0 Å². The number of benzene rings is 3. The van der Waals surface area contributed by atoms with E-state index < -0.39 is 11.8 Å². The van der Waals surface area contributed by atoms with Crippen LogP contribution in [0.4, 0.5) is 17.1 Å². The minimum absolute atomic E-state index is 0.194. The number of hydrogen-bond acceptors (Lipinski definition) is 4. The number of hydrogen-bond donors (Lipinski definition) is 1. The van der Waals surface area contributed by atoms with Gasteiger partial charge in [-0.15, -0.1) is 0 Å². The quantitative estimate of drug-likeness (QED) is 0.486. The third-order valence-electron chi connectivity index (χ3n) is 5.30. The predicted molar refractivity (Wildman–Crippen MR) is 131 cm³/mol. The van der Waals surface area contributed by atoms with E-state index in [2.05, 4.69) is 5.32 Å². The minimum Gasteiger partial charge on any atom is -0.378 e. The van der Waals surface area contributed by atoms with Gasteiger partial charge in [0.25, 0.3) is 11.8 Å². The molecule has 1 aliphatic heterocycles. The summed E-state index contributed by atoms with van der Waals surface area (Å²) >= 11 is 12.2. The summed E-state index contributed by atoms with van der Waals surface area (Å²) in [6.07, 6.45) is 0. The van der Waals surface area contributed by atoms with E-state index in [4.69, 9.17) is 23.2 Å². The van der Waals surface area contributed by atoms with Crippen LogP contribution in [0.2, 0.25) is 10.0 Å². The van der Waals surface area contributed by atoms with Crippen LogP contribution < -0.4 is 15.1 Å². The average Bonchev–Trinajstić information content (AvgIpc) is 3.01. The maximum absolute atomic E-state index is 13.5. The van der Waals surface area contributed by atoms with Crippen molar-refractivity contribution in [2.45, 2.75) is 6.92 Å². The maximum atomic E-state index is 13.5. The Morgan fingerprint density at radius 2 is 1.44 bits per heavy atom. The summed E-state index contributed by atoms with van der Waals surface area (Å²) in [5.41, 5.74) is 4.09. The van der Waals surface area contributed by atoms with E-state index in [-0.39, 0.29) is 11.3 Å². The first-order valence-corrected chi connectivity index (χ1v) is 10.7. The lowest BCUT2D eigenvalue weighted by Crippen LogP contribution is -2.32. The molecular formula is C25H21Cl2N3O2. The SMILES string of the molecule is Cc1ccc(Cl)cc1NC1=C(c2ccc(Cl)cc2)C(=O)N(c2ccc(N(C)C)cc2)C1=O. The fraction of sp³-hybridized carbons (Fsp3) is 0.120. The van der Waals surface area contributed by atoms with Crippen molar-refractivity contribution in [3.8, 4) is 0 Å². The van der Waals surface area contributed by atoms with Crippen molar-refractivity contribution in [1.29, 1.82) is 0 Å². The van der Waals surface area contributed by atoms with Crippen LogP contribution in [-0.2, 0) is 9.59 Å². The molecule has 2 amide bonds. The molecule has 0 saturated carbocycles. The zero-order valence-electron chi connectivity index (χ0n) is 17.8. The number of carbonyl (C=O) groups is 2. The molecule has 0 aliphatic carbocycles. The number of amides is 2. The highest BCUT2D eigenvalue weighted by Gasteiger charge is 2.40. The lowest BCUT2D eigenvalue weighted by Gasteiger charge is -2.18. The Kier molecular flexibility index (Phi) is 5.96. The molecule has 32 heavy (non-hydrogen) atoms. The smallest absolute Gasteiger partial charge is 0.282 e. The van der Waals surface area contributed by atoms with E-state index in [1.807, 2.05) is 44.1 Å². The highest BCUT2D eigenvalue weighted by molar-refractivity contribution is 6.46. The number of nitrogens with one attached hydrogen (secondary N) is 1. The fourth-order valence-electron chi connectivity index (χ4n) is 3.53. The standard InChI is InChI=1S/C25H21Cl2N3O2/c1-15-4-7-18(27)14-21(15)28-23-22(16-5-8-17(26)9-6-16)24(31)30(25(23)32)20-12-10-19(11-13-20)29(2)3/h4-14,28H,1-3H3. The van der Waals surface area contributed by atoms with Gasteiger partial charge in [0, 0.05) is 35.5 Å². The molecule has 0 radical (unpaired) electrons. The molecule has 162 valence electrons. The molecule has 1 heterocycles. The second-order valence-corrected chi connectivity index (χ2v) is 8.57. The molecule has 0 spiro atoms. The van der Waals surface area contributed by atoms with Gasteiger partial charge in [-0.25, -0.2) is 4.90 Å². The number of anilines is 3. The number of imide groups is 1. The Bertz CT molecular complexity index is 1230. The zero-order chi connectivity index (χ0) is 23.0. The molecule has 0 saturated heterocycles. The lowest BCUT2D eigenvalue weighted by molar-refractivity contribution is -0.120. The molecule has 3 aromatic rings. The highest BCUT2D eigenvalue weighted by atomic mass is 35.5. The van der Waals surface area contributed by atoms with Crippen LogP contribution >= 0.6 is 23.2 Å². The normalized spacial score (nSPS) is 13.7. The maximum Gasteiger partial charge on any atom is 0.282 e. The van der Waals surface area contributed by atoms with E-state index in [1.54, 1.807) is 48.5 Å². The van der Waals surface area contributed by atoms with Crippen LogP contribution in [0.3, 0.4) is 0 Å². The van der Waals surface area contributed by atoms with Crippen LogP contribution in [0.15, 0.2) is 72.4 Å². The van der Waals surface area contributed by atoms with Crippen LogP contribution in [0.1, 0.15) is 11.1 Å². The second kappa shape index (κ2) is 8.69. The topological polar surface area (TPSA) is 52.7 Å². The Morgan fingerprint density at radius 1 is 0.812 bits per heavy atom. The van der Waals surface area contributed by atoms with E-state index in [0.717, 1.165) is 11.3 Å². The average molecular weight is 466 g/mol. The third kappa shape index (κ3) is 4.09. The first kappa shape index (κ1) is 21.9. The molecule has 0 fully saturated rings. The Hall–Kier alpha value is -3.28. The van der Waals surface area contributed by atoms with Gasteiger partial charge in [0.1, 0.15) is 5.70 Å². The summed E-state index contributed by atoms with van der Waals surface area (Å²) in [4.78, 5) is 30.1. The molecule has 1 N–H and O–H groups in total. The summed E-state index contributed by atoms with van der Waals surface area (Å²) in [7, 11) is 3.85. The molecule has 4 rings (SSSR count). The summed E-state index contributed by atoms with van der Waals surface area (Å²) in [6, 6.07) is 19.5. The predicted octanol–water partition coefficient (Wildman–Crippen LogP) is 5.76. The van der Waals surface area contributed by atoms with Crippen LogP contribution in [0.5, 0.6) is 0 Å². The molecule has 3 aromatic carbocycles. The van der Waals surface area contributed by atoms with Gasteiger partial charge in [-0.2, -0.15) is 0 Å². The van der Waals surface area contributed by atoms with Gasteiger partial charge in [0.15, 0.2) is 0 Å². The summed E-state index contributed by atoms with van der Waals surface area (Å²) < 4.78 is 0. The van der Waals surface area contributed by atoms with Crippen molar-refractivity contribution in [1.82, 2.24) is 0 Å². The van der Waals surface area contributed by atoms with Gasteiger partial charge < -0.3 is 10.2 Å². The van der Waals surface area contributed by atoms with Crippen LogP contribution in [0.25, 0.3) is 5.57 Å². The molecular weight excluding hydrogens is 445 g/mol. The first-order chi connectivity index (χ1) is 15.3. The van der Waals surface area contributed by atoms with Gasteiger partial charge in [0.2, 0.25) is 0 Å². The largest absolute Gasteiger partial charge is 0.378 e. The van der Waals surface area contributed by atoms with E-state index in [0.29, 0.717) is 27.0 Å². The van der Waals surface area contributed by atoms with Gasteiger partial charge in [-0.3, -0.25) is 9.59 Å². The van der Waals surface area contributed by atoms with E-state index in [1.165, 1.54) is 4.90 Å². The Morgan fingerprint density at radius 3 is 2.06 bits per heavy atom. The number of carbonyl (C=O) groups excluding carboxylic acids is 2. The van der Waals surface area contributed by atoms with Gasteiger partial charge in [0.05, 0.1) is 11.3 Å². The van der Waals surface area contributed by atoms with Crippen LogP contribution in [-0.4, -0.2) is 25.9 Å². The molecule has 0 bridgehead atoms. The fourth-order valence-corrected chi connectivity index (χ4v) is 3.83. The molecule has 7 heteroatoms. The summed E-state index contributed by atoms with van der Waals surface area (Å²) in [5.74, 6) is -0.839. The van der Waals surface area contributed by atoms with Crippen molar-refractivity contribution in [2.75, 3.05) is 29.2 Å². The lowest BCUT2D eigenvalue weighted by atomic mass is 10.0. The third-order valence-corrected chi connectivity index (χ3v) is 5.79. The second-order valence-electron chi connectivity index (χ2n) is 7.70. The van der Waals surface area contributed by atoms with Crippen LogP contribution in [0, 0.1) is 6.92 Å². The minimum atomic E-state index is -0.433. The highest BCUT2D eigenvalue weighted by Crippen LogP contribution is 2.35. The number of rotatable bonds is 5. The number of aryl methyl sites for hydroxylation is 1. The summed E-state index contributed by atoms with van der Waals surface area (Å²) in [5, 5.41) is 4.24. The first-order valence-electron chi connectivity index (χ1n) is 9.96. The van der Waals surface area contributed by atoms with Gasteiger partial charge in [-0.05, 0) is 66.6 Å². The Balaban J connectivity index is 1.81. The zero-order valence-corrected chi connectivity index (χ0v) is 19.3. The molecule has 5 nitrogen and oxygen atoms in total. The Labute approximate surface area is 196 Å². The monoisotopic (exact) mass is 465 g/mol. The summed E-state index contributed by atoms with van der Waals surface area (Å²) in [6.45, 7) is 1.90. The van der Waals surface area contributed by atoms with Crippen molar-refractivity contribution < 1.29 is 9.59 Å². The van der Waals surface area contributed by atoms with Gasteiger partial charge >= 0.3 is 0 Å². The molecule has 0 aromatic heterocycles. The van der Waals surface area contributed by atoms with Crippen molar-refractivity contribution in [2.24, 2.45) is 0 Å². The van der Waals surface area contributed by atoms with E-state index in [9.17, 15) is 9.59 Å².